The van der Waals surface area contributed by atoms with Crippen LogP contribution in [0.15, 0.2) is 68.8 Å². The van der Waals surface area contributed by atoms with Crippen molar-refractivity contribution in [2.24, 2.45) is 0 Å². The zero-order chi connectivity index (χ0) is 22.9. The average Bonchev–Trinajstić information content (AvgIpc) is 3.55. The van der Waals surface area contributed by atoms with Crippen molar-refractivity contribution in [1.29, 1.82) is 10.5 Å². The topological polar surface area (TPSA) is 87.5 Å². The third-order valence-corrected chi connectivity index (χ3v) is 4.45. The van der Waals surface area contributed by atoms with Crippen molar-refractivity contribution in [3.63, 3.8) is 0 Å². The Morgan fingerprint density at radius 1 is 0.938 bits per heavy atom. The van der Waals surface area contributed by atoms with Crippen LogP contribution in [0.25, 0.3) is 44.8 Å². The molecule has 32 heavy (non-hydrogen) atoms. The van der Waals surface area contributed by atoms with Gasteiger partial charge in [0.2, 0.25) is 0 Å². The molecule has 3 aromatic rings. The molecule has 0 aliphatic carbocycles. The van der Waals surface area contributed by atoms with Gasteiger partial charge < -0.3 is 13.4 Å². The fraction of sp³-hybridized carbons (Fsp3) is 0.120. The van der Waals surface area contributed by atoms with Crippen LogP contribution in [0, 0.1) is 35.8 Å². The minimum atomic E-state index is -0.0418. The Hall–Kier alpha value is -4.98. The molecule has 0 aliphatic rings. The number of hydrogen-bond donors (Lipinski definition) is 0. The van der Waals surface area contributed by atoms with Crippen LogP contribution >= 0.6 is 0 Å². The molecule has 7 nitrogen and oxygen atoms in total. The molecule has 0 radical (unpaired) electrons. The van der Waals surface area contributed by atoms with Crippen LogP contribution in [0.5, 0.6) is 0 Å². The number of hydrogen-bond acceptors (Lipinski definition) is 4. The molecule has 154 valence electrons. The molecule has 0 unspecified atom stereocenters. The van der Waals surface area contributed by atoms with Gasteiger partial charge in [-0.25, -0.2) is 20.2 Å². The summed E-state index contributed by atoms with van der Waals surface area (Å²) in [5.41, 5.74) is 1.69. The molecule has 0 spiro atoms. The summed E-state index contributed by atoms with van der Waals surface area (Å²) in [5, 5.41) is 17.7. The molecular weight excluding hydrogens is 402 g/mol. The molecule has 3 aromatic heterocycles. The first-order valence-corrected chi connectivity index (χ1v) is 9.68. The second-order valence-corrected chi connectivity index (χ2v) is 6.55. The highest BCUT2D eigenvalue weighted by Crippen LogP contribution is 2.32. The third-order valence-electron chi connectivity index (χ3n) is 4.45. The molecular formula is C25H17N5O2. The maximum absolute atomic E-state index is 8.94. The van der Waals surface area contributed by atoms with Gasteiger partial charge in [-0.1, -0.05) is 13.0 Å². The lowest BCUT2D eigenvalue weighted by Crippen LogP contribution is -2.00. The van der Waals surface area contributed by atoms with Gasteiger partial charge in [0, 0.05) is 6.54 Å². The Labute approximate surface area is 185 Å². The number of nitriles is 2. The molecule has 0 atom stereocenters. The highest BCUT2D eigenvalue weighted by molar-refractivity contribution is 5.67. The minimum Gasteiger partial charge on any atom is -0.456 e. The molecule has 3 rings (SSSR count). The smallest absolute Gasteiger partial charge is 0.265 e. The standard InChI is InChI=1S/C25H17N5O2/c1-4-14-30-22(24-12-8-20(31-24)7-5-6-18(16-26)28-2)10-11-23(30)25-13-9-21(32-25)15-19(17-27)29-3/h5-13,15H,4,14H2,1H3/b7-5+,18-6+,19-15-. The normalized spacial score (nSPS) is 11.7. The van der Waals surface area contributed by atoms with E-state index in [2.05, 4.69) is 21.2 Å². The van der Waals surface area contributed by atoms with Crippen molar-refractivity contribution < 1.29 is 8.83 Å². The number of rotatable bonds is 7. The summed E-state index contributed by atoms with van der Waals surface area (Å²) in [6, 6.07) is 14.7. The van der Waals surface area contributed by atoms with Crippen molar-refractivity contribution in [2.75, 3.05) is 0 Å². The van der Waals surface area contributed by atoms with Gasteiger partial charge in [0.05, 0.1) is 36.7 Å². The highest BCUT2D eigenvalue weighted by atomic mass is 16.3. The second kappa shape index (κ2) is 10.2. The van der Waals surface area contributed by atoms with Crippen LogP contribution in [0.1, 0.15) is 24.9 Å². The van der Waals surface area contributed by atoms with Crippen LogP contribution in [-0.2, 0) is 6.54 Å². The quantitative estimate of drug-likeness (QED) is 0.247. The van der Waals surface area contributed by atoms with Crippen LogP contribution in [-0.4, -0.2) is 4.57 Å². The second-order valence-electron chi connectivity index (χ2n) is 6.55. The van der Waals surface area contributed by atoms with Gasteiger partial charge in [0.1, 0.15) is 11.5 Å². The molecule has 0 aromatic carbocycles. The Bertz CT molecular complexity index is 1350. The van der Waals surface area contributed by atoms with Gasteiger partial charge in [-0.3, -0.25) is 0 Å². The fourth-order valence-electron chi connectivity index (χ4n) is 3.07. The minimum absolute atomic E-state index is 0.000411. The van der Waals surface area contributed by atoms with Gasteiger partial charge in [-0.05, 0) is 61.0 Å². The van der Waals surface area contributed by atoms with Crippen LogP contribution in [0.2, 0.25) is 0 Å². The molecule has 0 N–H and O–H groups in total. The van der Waals surface area contributed by atoms with E-state index < -0.39 is 0 Å². The summed E-state index contributed by atoms with van der Waals surface area (Å²) in [6.07, 6.45) is 7.03. The van der Waals surface area contributed by atoms with Crippen molar-refractivity contribution >= 4 is 12.2 Å². The predicted molar refractivity (Wildman–Crippen MR) is 120 cm³/mol. The SMILES string of the molecule is [C-]#[N+]/C(C#N)=C\c1ccc(-c2ccc(-c3ccc(/C=C/C=C(\C#N)[N+]#[C-])o3)n2CCC)o1. The van der Waals surface area contributed by atoms with Crippen LogP contribution < -0.4 is 0 Å². The lowest BCUT2D eigenvalue weighted by molar-refractivity contribution is 0.551. The maximum Gasteiger partial charge on any atom is 0.265 e. The van der Waals surface area contributed by atoms with Crippen LogP contribution in [0.4, 0.5) is 0 Å². The van der Waals surface area contributed by atoms with E-state index in [1.165, 1.54) is 12.2 Å². The van der Waals surface area contributed by atoms with Gasteiger partial charge >= 0.3 is 0 Å². The fourth-order valence-corrected chi connectivity index (χ4v) is 3.07. The first-order valence-electron chi connectivity index (χ1n) is 9.68. The van der Waals surface area contributed by atoms with E-state index in [0.717, 1.165) is 24.4 Å². The Balaban J connectivity index is 1.93. The number of aromatic nitrogens is 1. The number of allylic oxidation sites excluding steroid dienone is 4. The molecule has 0 saturated heterocycles. The zero-order valence-corrected chi connectivity index (χ0v) is 17.2. The van der Waals surface area contributed by atoms with Crippen molar-refractivity contribution in [3.05, 3.63) is 94.3 Å². The Morgan fingerprint density at radius 2 is 1.53 bits per heavy atom. The Kier molecular flexibility index (Phi) is 6.90. The molecule has 0 fully saturated rings. The number of furan rings is 2. The summed E-state index contributed by atoms with van der Waals surface area (Å²) in [7, 11) is 0. The van der Waals surface area contributed by atoms with Gasteiger partial charge in [0.15, 0.2) is 11.5 Å². The van der Waals surface area contributed by atoms with E-state index in [1.807, 2.05) is 36.4 Å². The lowest BCUT2D eigenvalue weighted by atomic mass is 10.3. The summed E-state index contributed by atoms with van der Waals surface area (Å²) in [6.45, 7) is 16.7. The lowest BCUT2D eigenvalue weighted by Gasteiger charge is -2.10. The van der Waals surface area contributed by atoms with Crippen molar-refractivity contribution in [2.45, 2.75) is 19.9 Å². The molecule has 7 heteroatoms. The molecule has 0 amide bonds. The number of nitrogens with zero attached hydrogens (tertiary/aromatic N) is 5. The first kappa shape index (κ1) is 21.7. The summed E-state index contributed by atoms with van der Waals surface area (Å²) >= 11 is 0. The molecule has 3 heterocycles. The van der Waals surface area contributed by atoms with Crippen molar-refractivity contribution in [1.82, 2.24) is 4.57 Å². The largest absolute Gasteiger partial charge is 0.456 e. The van der Waals surface area contributed by atoms with Gasteiger partial charge in [-0.15, -0.1) is 0 Å². The van der Waals surface area contributed by atoms with Gasteiger partial charge in [-0.2, -0.15) is 0 Å². The zero-order valence-electron chi connectivity index (χ0n) is 17.2. The Morgan fingerprint density at radius 3 is 2.09 bits per heavy atom. The summed E-state index contributed by atoms with van der Waals surface area (Å²) in [4.78, 5) is 6.25. The van der Waals surface area contributed by atoms with E-state index in [0.29, 0.717) is 23.0 Å². The van der Waals surface area contributed by atoms with Crippen molar-refractivity contribution in [3.8, 4) is 35.0 Å². The van der Waals surface area contributed by atoms with Gasteiger partial charge in [0.25, 0.3) is 11.4 Å². The summed E-state index contributed by atoms with van der Waals surface area (Å²) in [5.74, 6) is 2.33. The molecule has 0 saturated carbocycles. The van der Waals surface area contributed by atoms with E-state index in [1.54, 1.807) is 24.3 Å². The van der Waals surface area contributed by atoms with Crippen LogP contribution in [0.3, 0.4) is 0 Å². The van der Waals surface area contributed by atoms with E-state index in [4.69, 9.17) is 32.5 Å². The first-order chi connectivity index (χ1) is 15.6. The molecule has 0 bridgehead atoms. The predicted octanol–water partition coefficient (Wildman–Crippen LogP) is 6.54. The van der Waals surface area contributed by atoms with E-state index in [-0.39, 0.29) is 11.4 Å². The monoisotopic (exact) mass is 419 g/mol. The average molecular weight is 419 g/mol. The maximum atomic E-state index is 8.94. The van der Waals surface area contributed by atoms with E-state index in [9.17, 15) is 0 Å². The highest BCUT2D eigenvalue weighted by Gasteiger charge is 2.16. The third kappa shape index (κ3) is 4.77. The summed E-state index contributed by atoms with van der Waals surface area (Å²) < 4.78 is 13.9. The molecule has 0 aliphatic heterocycles. The van der Waals surface area contributed by atoms with E-state index >= 15 is 0 Å².